The Morgan fingerprint density at radius 3 is 2.82 bits per heavy atom. The summed E-state index contributed by atoms with van der Waals surface area (Å²) in [7, 11) is 2.06. The number of fused-ring (bicyclic) bond motifs is 1. The number of allylic oxidation sites excluding steroid dienone is 1. The van der Waals surface area contributed by atoms with E-state index in [-0.39, 0.29) is 0 Å². The van der Waals surface area contributed by atoms with Crippen molar-refractivity contribution in [3.05, 3.63) is 41.7 Å². The van der Waals surface area contributed by atoms with E-state index in [1.807, 2.05) is 12.1 Å². The molecule has 3 heteroatoms. The van der Waals surface area contributed by atoms with Gasteiger partial charge in [-0.3, -0.25) is 0 Å². The molecule has 0 radical (unpaired) electrons. The van der Waals surface area contributed by atoms with Crippen LogP contribution in [0.1, 0.15) is 19.7 Å². The summed E-state index contributed by atoms with van der Waals surface area (Å²) in [6.07, 6.45) is 2.18. The molecular weight excluding hydrogens is 210 g/mol. The molecule has 1 aromatic carbocycles. The first kappa shape index (κ1) is 11.9. The summed E-state index contributed by atoms with van der Waals surface area (Å²) in [5.41, 5.74) is 3.59. The fourth-order valence-electron chi connectivity index (χ4n) is 1.81. The van der Waals surface area contributed by atoms with Crippen molar-refractivity contribution in [2.45, 2.75) is 20.4 Å². The second kappa shape index (κ2) is 5.15. The van der Waals surface area contributed by atoms with E-state index in [0.29, 0.717) is 0 Å². The Bertz CT molecular complexity index is 533. The number of imidazole rings is 1. The second-order valence-electron chi connectivity index (χ2n) is 4.49. The molecule has 17 heavy (non-hydrogen) atoms. The molecule has 0 fully saturated rings. The van der Waals surface area contributed by atoms with Crippen LogP contribution in [0.15, 0.2) is 35.9 Å². The molecule has 0 saturated carbocycles. The Balaban J connectivity index is 2.09. The van der Waals surface area contributed by atoms with Gasteiger partial charge in [0.2, 0.25) is 0 Å². The lowest BCUT2D eigenvalue weighted by Gasteiger charge is -2.03. The molecule has 0 bridgehead atoms. The summed E-state index contributed by atoms with van der Waals surface area (Å²) in [5.74, 6) is 1.08. The lowest BCUT2D eigenvalue weighted by molar-refractivity contribution is 0.686. The van der Waals surface area contributed by atoms with Crippen LogP contribution in [0, 0.1) is 0 Å². The number of para-hydroxylation sites is 2. The van der Waals surface area contributed by atoms with Gasteiger partial charge in [-0.25, -0.2) is 4.98 Å². The van der Waals surface area contributed by atoms with Gasteiger partial charge in [-0.05, 0) is 26.0 Å². The number of hydrogen-bond acceptors (Lipinski definition) is 2. The number of rotatable bonds is 4. The molecule has 0 amide bonds. The van der Waals surface area contributed by atoms with Crippen molar-refractivity contribution in [2.75, 3.05) is 6.54 Å². The third-order valence-corrected chi connectivity index (χ3v) is 2.82. The van der Waals surface area contributed by atoms with Crippen LogP contribution in [0.3, 0.4) is 0 Å². The fraction of sp³-hybridized carbons (Fsp3) is 0.357. The quantitative estimate of drug-likeness (QED) is 0.645. The van der Waals surface area contributed by atoms with Crippen LogP contribution < -0.4 is 5.32 Å². The number of benzene rings is 1. The van der Waals surface area contributed by atoms with Gasteiger partial charge in [-0.2, -0.15) is 0 Å². The largest absolute Gasteiger partial charge is 0.330 e. The van der Waals surface area contributed by atoms with E-state index in [4.69, 9.17) is 0 Å². The summed E-state index contributed by atoms with van der Waals surface area (Å²) in [5, 5.41) is 3.38. The predicted octanol–water partition coefficient (Wildman–Crippen LogP) is 2.63. The van der Waals surface area contributed by atoms with E-state index in [1.54, 1.807) is 0 Å². The average Bonchev–Trinajstić information content (AvgIpc) is 2.63. The molecule has 0 unspecified atom stereocenters. The van der Waals surface area contributed by atoms with Crippen molar-refractivity contribution < 1.29 is 0 Å². The molecule has 0 aliphatic heterocycles. The minimum absolute atomic E-state index is 0.801. The summed E-state index contributed by atoms with van der Waals surface area (Å²) >= 11 is 0. The summed E-state index contributed by atoms with van der Waals surface area (Å²) in [4.78, 5) is 4.61. The monoisotopic (exact) mass is 229 g/mol. The zero-order valence-corrected chi connectivity index (χ0v) is 10.7. The number of hydrogen-bond donors (Lipinski definition) is 1. The van der Waals surface area contributed by atoms with Gasteiger partial charge in [0.05, 0.1) is 17.6 Å². The molecule has 1 heterocycles. The van der Waals surface area contributed by atoms with Crippen LogP contribution in [0.25, 0.3) is 11.0 Å². The van der Waals surface area contributed by atoms with Gasteiger partial charge in [-0.1, -0.05) is 23.8 Å². The Hall–Kier alpha value is -1.61. The molecule has 90 valence electrons. The highest BCUT2D eigenvalue weighted by Crippen LogP contribution is 2.13. The van der Waals surface area contributed by atoms with Crippen molar-refractivity contribution in [2.24, 2.45) is 7.05 Å². The second-order valence-corrected chi connectivity index (χ2v) is 4.49. The molecule has 2 rings (SSSR count). The fourth-order valence-corrected chi connectivity index (χ4v) is 1.81. The summed E-state index contributed by atoms with van der Waals surface area (Å²) < 4.78 is 2.14. The van der Waals surface area contributed by atoms with Gasteiger partial charge >= 0.3 is 0 Å². The third-order valence-electron chi connectivity index (χ3n) is 2.82. The van der Waals surface area contributed by atoms with Gasteiger partial charge in [0, 0.05) is 13.6 Å². The topological polar surface area (TPSA) is 29.9 Å². The number of aromatic nitrogens is 2. The SMILES string of the molecule is CC(C)=CCNCc1nc2ccccc2n1C. The zero-order valence-electron chi connectivity index (χ0n) is 10.7. The summed E-state index contributed by atoms with van der Waals surface area (Å²) in [6.45, 7) is 5.91. The highest BCUT2D eigenvalue weighted by atomic mass is 15.1. The van der Waals surface area contributed by atoms with Gasteiger partial charge in [0.1, 0.15) is 5.82 Å². The van der Waals surface area contributed by atoms with Crippen LogP contribution >= 0.6 is 0 Å². The van der Waals surface area contributed by atoms with Crippen LogP contribution in [-0.4, -0.2) is 16.1 Å². The van der Waals surface area contributed by atoms with E-state index < -0.39 is 0 Å². The lowest BCUT2D eigenvalue weighted by Crippen LogP contribution is -2.16. The first-order valence-corrected chi connectivity index (χ1v) is 5.93. The minimum atomic E-state index is 0.801. The Morgan fingerprint density at radius 1 is 1.35 bits per heavy atom. The van der Waals surface area contributed by atoms with Crippen molar-refractivity contribution in [3.63, 3.8) is 0 Å². The molecule has 0 aliphatic carbocycles. The molecule has 0 aliphatic rings. The van der Waals surface area contributed by atoms with Gasteiger partial charge < -0.3 is 9.88 Å². The van der Waals surface area contributed by atoms with Crippen molar-refractivity contribution in [1.82, 2.24) is 14.9 Å². The molecule has 2 aromatic rings. The number of aryl methyl sites for hydroxylation is 1. The van der Waals surface area contributed by atoms with Gasteiger partial charge in [-0.15, -0.1) is 0 Å². The highest BCUT2D eigenvalue weighted by Gasteiger charge is 2.05. The maximum Gasteiger partial charge on any atom is 0.123 e. The van der Waals surface area contributed by atoms with Gasteiger partial charge in [0.25, 0.3) is 0 Å². The molecule has 0 atom stereocenters. The molecule has 1 aromatic heterocycles. The zero-order chi connectivity index (χ0) is 12.3. The van der Waals surface area contributed by atoms with E-state index in [2.05, 4.69) is 54.0 Å². The number of nitrogens with one attached hydrogen (secondary N) is 1. The standard InChI is InChI=1S/C14H19N3/c1-11(2)8-9-15-10-14-16-12-6-4-5-7-13(12)17(14)3/h4-8,15H,9-10H2,1-3H3. The van der Waals surface area contributed by atoms with E-state index in [9.17, 15) is 0 Å². The average molecular weight is 229 g/mol. The van der Waals surface area contributed by atoms with Crippen LogP contribution in [0.5, 0.6) is 0 Å². The van der Waals surface area contributed by atoms with E-state index in [1.165, 1.54) is 11.1 Å². The third kappa shape index (κ3) is 2.74. The molecule has 0 spiro atoms. The summed E-state index contributed by atoms with van der Waals surface area (Å²) in [6, 6.07) is 8.22. The normalized spacial score (nSPS) is 10.8. The Morgan fingerprint density at radius 2 is 2.12 bits per heavy atom. The smallest absolute Gasteiger partial charge is 0.123 e. The van der Waals surface area contributed by atoms with Crippen LogP contribution in [0.2, 0.25) is 0 Å². The van der Waals surface area contributed by atoms with Crippen molar-refractivity contribution >= 4 is 11.0 Å². The van der Waals surface area contributed by atoms with Crippen LogP contribution in [0.4, 0.5) is 0 Å². The molecule has 0 saturated heterocycles. The highest BCUT2D eigenvalue weighted by molar-refractivity contribution is 5.75. The maximum atomic E-state index is 4.61. The van der Waals surface area contributed by atoms with Crippen molar-refractivity contribution in [1.29, 1.82) is 0 Å². The van der Waals surface area contributed by atoms with Crippen LogP contribution in [-0.2, 0) is 13.6 Å². The Kier molecular flexibility index (Phi) is 3.59. The predicted molar refractivity (Wildman–Crippen MR) is 71.9 cm³/mol. The Labute approximate surface area is 102 Å². The minimum Gasteiger partial charge on any atom is -0.330 e. The molecule has 1 N–H and O–H groups in total. The van der Waals surface area contributed by atoms with Gasteiger partial charge in [0.15, 0.2) is 0 Å². The molecule has 3 nitrogen and oxygen atoms in total. The molecular formula is C14H19N3. The number of nitrogens with zero attached hydrogens (tertiary/aromatic N) is 2. The first-order chi connectivity index (χ1) is 8.18. The lowest BCUT2D eigenvalue weighted by atomic mass is 10.3. The maximum absolute atomic E-state index is 4.61. The first-order valence-electron chi connectivity index (χ1n) is 5.93. The van der Waals surface area contributed by atoms with E-state index in [0.717, 1.165) is 24.4 Å². The van der Waals surface area contributed by atoms with E-state index >= 15 is 0 Å². The van der Waals surface area contributed by atoms with Crippen molar-refractivity contribution in [3.8, 4) is 0 Å².